The average Bonchev–Trinajstić information content (AvgIpc) is 2.93. The van der Waals surface area contributed by atoms with Crippen molar-refractivity contribution in [2.75, 3.05) is 5.73 Å². The predicted molar refractivity (Wildman–Crippen MR) is 75.1 cm³/mol. The van der Waals surface area contributed by atoms with Crippen LogP contribution in [0.2, 0.25) is 0 Å². The molecule has 0 radical (unpaired) electrons. The van der Waals surface area contributed by atoms with Crippen molar-refractivity contribution in [1.29, 1.82) is 0 Å². The van der Waals surface area contributed by atoms with Gasteiger partial charge < -0.3 is 10.3 Å². The van der Waals surface area contributed by atoms with E-state index in [0.717, 1.165) is 15.6 Å². The van der Waals surface area contributed by atoms with Crippen LogP contribution in [0, 0.1) is 0 Å². The van der Waals surface area contributed by atoms with Crippen molar-refractivity contribution in [3.8, 4) is 22.8 Å². The zero-order chi connectivity index (χ0) is 13.2. The van der Waals surface area contributed by atoms with Crippen LogP contribution in [0.15, 0.2) is 51.7 Å². The zero-order valence-corrected chi connectivity index (χ0v) is 11.3. The number of benzene rings is 1. The van der Waals surface area contributed by atoms with E-state index in [2.05, 4.69) is 31.1 Å². The average molecular weight is 317 g/mol. The normalized spacial score (nSPS) is 10.6. The standard InChI is InChI=1S/C13H9BrN4O/c14-10-7-9(1-2-11(10)15)13-17-12(18-19-13)8-3-5-16-6-4-8/h1-7H,15H2. The van der Waals surface area contributed by atoms with Gasteiger partial charge in [-0.2, -0.15) is 4.98 Å². The molecule has 5 nitrogen and oxygen atoms in total. The first-order valence-corrected chi connectivity index (χ1v) is 6.33. The lowest BCUT2D eigenvalue weighted by Crippen LogP contribution is -1.87. The van der Waals surface area contributed by atoms with Crippen LogP contribution in [0.25, 0.3) is 22.8 Å². The third kappa shape index (κ3) is 2.34. The van der Waals surface area contributed by atoms with E-state index >= 15 is 0 Å². The molecule has 1 aromatic carbocycles. The van der Waals surface area contributed by atoms with Gasteiger partial charge in [0.25, 0.3) is 5.89 Å². The molecule has 3 rings (SSSR count). The van der Waals surface area contributed by atoms with Gasteiger partial charge in [-0.25, -0.2) is 0 Å². The van der Waals surface area contributed by atoms with E-state index in [0.29, 0.717) is 17.4 Å². The van der Waals surface area contributed by atoms with Crippen LogP contribution in [0.5, 0.6) is 0 Å². The van der Waals surface area contributed by atoms with Gasteiger partial charge in [0.2, 0.25) is 5.82 Å². The summed E-state index contributed by atoms with van der Waals surface area (Å²) in [5.41, 5.74) is 8.08. The molecule has 0 aliphatic heterocycles. The van der Waals surface area contributed by atoms with Crippen molar-refractivity contribution in [3.63, 3.8) is 0 Å². The Labute approximate surface area is 117 Å². The van der Waals surface area contributed by atoms with Gasteiger partial charge in [0, 0.05) is 33.7 Å². The molecule has 0 saturated heterocycles. The second-order valence-corrected chi connectivity index (χ2v) is 4.75. The smallest absolute Gasteiger partial charge is 0.258 e. The van der Waals surface area contributed by atoms with Crippen molar-refractivity contribution in [1.82, 2.24) is 15.1 Å². The highest BCUT2D eigenvalue weighted by Crippen LogP contribution is 2.27. The van der Waals surface area contributed by atoms with E-state index in [-0.39, 0.29) is 0 Å². The molecule has 94 valence electrons. The molecular formula is C13H9BrN4O. The Balaban J connectivity index is 1.99. The van der Waals surface area contributed by atoms with Gasteiger partial charge in [0.15, 0.2) is 0 Å². The first-order valence-electron chi connectivity index (χ1n) is 5.53. The molecule has 19 heavy (non-hydrogen) atoms. The number of nitrogens with two attached hydrogens (primary N) is 1. The fraction of sp³-hybridized carbons (Fsp3) is 0. The van der Waals surface area contributed by atoms with Crippen LogP contribution in [0.3, 0.4) is 0 Å². The molecule has 0 unspecified atom stereocenters. The SMILES string of the molecule is Nc1ccc(-c2nc(-c3ccncc3)no2)cc1Br. The summed E-state index contributed by atoms with van der Waals surface area (Å²) in [7, 11) is 0. The maximum Gasteiger partial charge on any atom is 0.258 e. The number of aromatic nitrogens is 3. The summed E-state index contributed by atoms with van der Waals surface area (Å²) in [5.74, 6) is 0.984. The Morgan fingerprint density at radius 2 is 1.84 bits per heavy atom. The quantitative estimate of drug-likeness (QED) is 0.735. The lowest BCUT2D eigenvalue weighted by atomic mass is 10.2. The van der Waals surface area contributed by atoms with Crippen LogP contribution in [-0.4, -0.2) is 15.1 Å². The lowest BCUT2D eigenvalue weighted by Gasteiger charge is -1.99. The van der Waals surface area contributed by atoms with E-state index < -0.39 is 0 Å². The van der Waals surface area contributed by atoms with Crippen LogP contribution in [-0.2, 0) is 0 Å². The third-order valence-corrected chi connectivity index (χ3v) is 3.30. The maximum atomic E-state index is 5.74. The molecule has 3 aromatic rings. The Morgan fingerprint density at radius 3 is 2.58 bits per heavy atom. The minimum Gasteiger partial charge on any atom is -0.398 e. The van der Waals surface area contributed by atoms with E-state index in [1.807, 2.05) is 24.3 Å². The van der Waals surface area contributed by atoms with Gasteiger partial charge >= 0.3 is 0 Å². The van der Waals surface area contributed by atoms with Crippen LogP contribution < -0.4 is 5.73 Å². The number of pyridine rings is 1. The molecule has 0 spiro atoms. The fourth-order valence-electron chi connectivity index (χ4n) is 1.62. The number of halogens is 1. The summed E-state index contributed by atoms with van der Waals surface area (Å²) < 4.78 is 6.06. The molecular weight excluding hydrogens is 308 g/mol. The fourth-order valence-corrected chi connectivity index (χ4v) is 2.00. The number of hydrogen-bond acceptors (Lipinski definition) is 5. The maximum absolute atomic E-state index is 5.74. The number of nitrogen functional groups attached to an aromatic ring is 1. The molecule has 2 N–H and O–H groups in total. The van der Waals surface area contributed by atoms with E-state index in [1.165, 1.54) is 0 Å². The highest BCUT2D eigenvalue weighted by atomic mass is 79.9. The third-order valence-electron chi connectivity index (χ3n) is 2.61. The predicted octanol–water partition coefficient (Wildman–Crippen LogP) is 3.14. The van der Waals surface area contributed by atoms with Gasteiger partial charge in [-0.15, -0.1) is 0 Å². The highest BCUT2D eigenvalue weighted by Gasteiger charge is 2.11. The summed E-state index contributed by atoms with van der Waals surface area (Å²) in [5, 5.41) is 3.95. The van der Waals surface area contributed by atoms with E-state index in [1.54, 1.807) is 18.5 Å². The number of anilines is 1. The summed E-state index contributed by atoms with van der Waals surface area (Å²) in [4.78, 5) is 8.31. The molecule has 0 aliphatic rings. The zero-order valence-electron chi connectivity index (χ0n) is 9.75. The van der Waals surface area contributed by atoms with Crippen molar-refractivity contribution < 1.29 is 4.52 Å². The Morgan fingerprint density at radius 1 is 1.05 bits per heavy atom. The summed E-state index contributed by atoms with van der Waals surface area (Å²) >= 11 is 3.37. The first-order chi connectivity index (χ1) is 9.24. The Bertz CT molecular complexity index is 712. The van der Waals surface area contributed by atoms with Gasteiger partial charge in [0.1, 0.15) is 0 Å². The Hall–Kier alpha value is -2.21. The Kier molecular flexibility index (Phi) is 3.00. The topological polar surface area (TPSA) is 77.8 Å². The van der Waals surface area contributed by atoms with Crippen molar-refractivity contribution in [2.24, 2.45) is 0 Å². The summed E-state index contributed by atoms with van der Waals surface area (Å²) in [6, 6.07) is 9.12. The molecule has 0 bridgehead atoms. The van der Waals surface area contributed by atoms with Gasteiger partial charge in [-0.05, 0) is 46.3 Å². The van der Waals surface area contributed by atoms with Crippen LogP contribution in [0.1, 0.15) is 0 Å². The largest absolute Gasteiger partial charge is 0.398 e. The lowest BCUT2D eigenvalue weighted by molar-refractivity contribution is 0.432. The molecule has 0 saturated carbocycles. The molecule has 0 fully saturated rings. The van der Waals surface area contributed by atoms with Crippen LogP contribution >= 0.6 is 15.9 Å². The number of rotatable bonds is 2. The van der Waals surface area contributed by atoms with Gasteiger partial charge in [-0.1, -0.05) is 5.16 Å². The minimum atomic E-state index is 0.451. The molecule has 0 atom stereocenters. The molecule has 0 aliphatic carbocycles. The van der Waals surface area contributed by atoms with Crippen molar-refractivity contribution >= 4 is 21.6 Å². The highest BCUT2D eigenvalue weighted by molar-refractivity contribution is 9.10. The number of hydrogen-bond donors (Lipinski definition) is 1. The molecule has 6 heteroatoms. The van der Waals surface area contributed by atoms with Crippen LogP contribution in [0.4, 0.5) is 5.69 Å². The van der Waals surface area contributed by atoms with E-state index in [9.17, 15) is 0 Å². The van der Waals surface area contributed by atoms with Crippen molar-refractivity contribution in [2.45, 2.75) is 0 Å². The van der Waals surface area contributed by atoms with Crippen molar-refractivity contribution in [3.05, 3.63) is 47.2 Å². The second kappa shape index (κ2) is 4.81. The summed E-state index contributed by atoms with van der Waals surface area (Å²) in [6.45, 7) is 0. The second-order valence-electron chi connectivity index (χ2n) is 3.90. The monoisotopic (exact) mass is 316 g/mol. The first kappa shape index (κ1) is 11.9. The van der Waals surface area contributed by atoms with Gasteiger partial charge in [-0.3, -0.25) is 4.98 Å². The summed E-state index contributed by atoms with van der Waals surface area (Å²) in [6.07, 6.45) is 3.37. The number of nitrogens with zero attached hydrogens (tertiary/aromatic N) is 3. The molecule has 2 aromatic heterocycles. The molecule has 2 heterocycles. The van der Waals surface area contributed by atoms with E-state index in [4.69, 9.17) is 10.3 Å². The minimum absolute atomic E-state index is 0.451. The van der Waals surface area contributed by atoms with Gasteiger partial charge in [0.05, 0.1) is 0 Å². The molecule has 0 amide bonds.